The van der Waals surface area contributed by atoms with Crippen molar-refractivity contribution in [2.75, 3.05) is 26.2 Å². The number of aryl methyl sites for hydroxylation is 5. The first kappa shape index (κ1) is 53.2. The summed E-state index contributed by atoms with van der Waals surface area (Å²) in [4.78, 5) is 42.5. The number of aromatic nitrogens is 2. The van der Waals surface area contributed by atoms with E-state index in [1.165, 1.54) is 24.0 Å². The number of H-pyrrole nitrogens is 1. The van der Waals surface area contributed by atoms with Gasteiger partial charge in [-0.2, -0.15) is 5.10 Å². The summed E-state index contributed by atoms with van der Waals surface area (Å²) < 4.78 is 27.4. The highest BCUT2D eigenvalue weighted by Crippen LogP contribution is 2.40. The fraction of sp³-hybridized carbons (Fsp3) is 0.516. The Kier molecular flexibility index (Phi) is 15.4. The highest BCUT2D eigenvalue weighted by molar-refractivity contribution is 5.85. The molecular formula is C62H80N9O7+. The quantitative estimate of drug-likeness (QED) is 0.0493. The van der Waals surface area contributed by atoms with Gasteiger partial charge in [-0.15, -0.1) is 0 Å². The van der Waals surface area contributed by atoms with Crippen LogP contribution in [0.3, 0.4) is 0 Å². The number of piperidine rings is 1. The first-order chi connectivity index (χ1) is 37.7. The minimum atomic E-state index is -0.333. The highest BCUT2D eigenvalue weighted by Gasteiger charge is 2.40. The van der Waals surface area contributed by atoms with Gasteiger partial charge in [-0.25, -0.2) is 14.4 Å². The summed E-state index contributed by atoms with van der Waals surface area (Å²) in [5.74, 6) is 2.47. The molecule has 78 heavy (non-hydrogen) atoms. The summed E-state index contributed by atoms with van der Waals surface area (Å²) in [7, 11) is 0. The normalized spacial score (nSPS) is 20.0. The van der Waals surface area contributed by atoms with Crippen LogP contribution in [0, 0.1) is 26.7 Å². The lowest BCUT2D eigenvalue weighted by Gasteiger charge is -2.38. The molecular weight excluding hydrogens is 983 g/mol. The maximum atomic E-state index is 13.5. The molecule has 2 saturated heterocycles. The van der Waals surface area contributed by atoms with Gasteiger partial charge in [-0.3, -0.25) is 0 Å². The molecule has 3 aromatic carbocycles. The average molecular weight is 1060 g/mol. The monoisotopic (exact) mass is 1060 g/mol. The third-order valence-corrected chi connectivity index (χ3v) is 17.6. The zero-order valence-electron chi connectivity index (χ0n) is 46.7. The Labute approximate surface area is 457 Å². The first-order valence-corrected chi connectivity index (χ1v) is 28.9. The second kappa shape index (κ2) is 22.5. The number of benzene rings is 3. The summed E-state index contributed by atoms with van der Waals surface area (Å²) in [6.07, 6.45) is 14.6. The van der Waals surface area contributed by atoms with E-state index in [2.05, 4.69) is 112 Å². The molecule has 11 rings (SSSR count). The van der Waals surface area contributed by atoms with Crippen LogP contribution >= 0.6 is 0 Å². The number of fused-ring (bicyclic) bond motifs is 4. The number of carbonyl (C=O) groups excluding carboxylic acids is 3. The zero-order valence-corrected chi connectivity index (χ0v) is 46.7. The number of furan rings is 3. The van der Waals surface area contributed by atoms with Crippen molar-refractivity contribution in [3.05, 3.63) is 118 Å². The number of carbonyl (C=O) groups is 3. The summed E-state index contributed by atoms with van der Waals surface area (Å²) in [6, 6.07) is 19.5. The Balaban J connectivity index is 0.616. The molecule has 0 bridgehead atoms. The molecule has 4 aromatic heterocycles. The summed E-state index contributed by atoms with van der Waals surface area (Å²) >= 11 is 0. The van der Waals surface area contributed by atoms with Crippen LogP contribution in [0.4, 0.5) is 14.4 Å². The lowest BCUT2D eigenvalue weighted by molar-refractivity contribution is -0.655. The summed E-state index contributed by atoms with van der Waals surface area (Å²) in [5, 5.41) is 26.0. The fourth-order valence-electron chi connectivity index (χ4n) is 13.2. The molecule has 2 unspecified atom stereocenters. The van der Waals surface area contributed by atoms with Crippen molar-refractivity contribution < 1.29 is 37.1 Å². The van der Waals surface area contributed by atoms with E-state index in [4.69, 9.17) is 18.0 Å². The smallest absolute Gasteiger partial charge is 0.315 e. The average Bonchev–Trinajstić information content (AvgIpc) is 4.36. The number of ether oxygens (including phenoxy) is 1. The molecule has 2 aliphatic carbocycles. The van der Waals surface area contributed by atoms with Crippen molar-refractivity contribution in [2.24, 2.45) is 5.92 Å². The van der Waals surface area contributed by atoms with Crippen LogP contribution in [0.25, 0.3) is 38.6 Å². The number of rotatable bonds is 15. The maximum Gasteiger partial charge on any atom is 0.315 e. The second-order valence-corrected chi connectivity index (χ2v) is 23.5. The van der Waals surface area contributed by atoms with Gasteiger partial charge in [0, 0.05) is 88.7 Å². The van der Waals surface area contributed by atoms with Gasteiger partial charge in [0.15, 0.2) is 0 Å². The lowest BCUT2D eigenvalue weighted by Crippen LogP contribution is -2.50. The van der Waals surface area contributed by atoms with Gasteiger partial charge in [0.05, 0.1) is 35.5 Å². The molecule has 16 heteroatoms. The highest BCUT2D eigenvalue weighted by atomic mass is 16.5. The third kappa shape index (κ3) is 11.4. The van der Waals surface area contributed by atoms with E-state index in [9.17, 15) is 14.4 Å². The van der Waals surface area contributed by atoms with Crippen LogP contribution in [0.2, 0.25) is 0 Å². The van der Waals surface area contributed by atoms with Gasteiger partial charge in [0.25, 0.3) is 0 Å². The number of para-hydroxylation sites is 1. The Morgan fingerprint density at radius 2 is 1.31 bits per heavy atom. The lowest BCUT2D eigenvalue weighted by atomic mass is 9.89. The summed E-state index contributed by atoms with van der Waals surface area (Å²) in [6.45, 7) is 17.9. The molecule has 16 nitrogen and oxygen atoms in total. The van der Waals surface area contributed by atoms with Crippen molar-refractivity contribution in [2.45, 2.75) is 174 Å². The standard InChI is InChI=1S/C62H79N9O7/c1-36(2)55(58-39(5)48-14-8-9-15-52(48)76-58)68-61(74)66-45-18-17-43-35-71(69-51(43)32-45)47-19-21-50-38(4)57(78-54(50)33-47)41(7)63-59(72)65-44-22-28-70(29-23-44)27-12-13-42-16-20-49-37(3)56(77-53(49)31-42)40(6)64-60(73)67-46-24-30-75-62(34-46)25-10-11-26-62/h8-9,14-16,19-21,31,33,35-36,40-41,44-46,55H,10-13,17-18,22-30,32,34H2,1-7H3,(H6,63,64,65,66,67,68,72,73,74)/p+1/t40-,41-,45?,46?,55+/m1/s1. The van der Waals surface area contributed by atoms with Gasteiger partial charge in [-0.1, -0.05) is 61.7 Å². The molecule has 1 spiro atoms. The van der Waals surface area contributed by atoms with Gasteiger partial charge in [0.2, 0.25) is 11.9 Å². The number of hydrogen-bond donors (Lipinski definition) is 7. The molecule has 4 aliphatic rings. The molecule has 7 aromatic rings. The van der Waals surface area contributed by atoms with Crippen LogP contribution < -0.4 is 36.6 Å². The maximum absolute atomic E-state index is 13.5. The topological polar surface area (TPSA) is 195 Å². The molecule has 3 fully saturated rings. The van der Waals surface area contributed by atoms with Crippen molar-refractivity contribution in [3.63, 3.8) is 0 Å². The fourth-order valence-corrected chi connectivity index (χ4v) is 13.2. The minimum Gasteiger partial charge on any atom is -0.459 e. The van der Waals surface area contributed by atoms with Crippen molar-refractivity contribution in [1.29, 1.82) is 0 Å². The van der Waals surface area contributed by atoms with E-state index in [0.29, 0.717) is 13.0 Å². The molecule has 1 saturated carbocycles. The van der Waals surface area contributed by atoms with Gasteiger partial charge >= 0.3 is 18.1 Å². The minimum absolute atomic E-state index is 0.0210. The zero-order chi connectivity index (χ0) is 54.2. The number of nitrogens with one attached hydrogen (secondary N) is 7. The van der Waals surface area contributed by atoms with Crippen LogP contribution in [0.15, 0.2) is 80.1 Å². The number of likely N-dealkylation sites (tertiary alicyclic amines) is 1. The van der Waals surface area contributed by atoms with Crippen molar-refractivity contribution >= 4 is 51.0 Å². The van der Waals surface area contributed by atoms with Gasteiger partial charge < -0.3 is 54.8 Å². The molecule has 5 atom stereocenters. The van der Waals surface area contributed by atoms with E-state index in [0.717, 1.165) is 162 Å². The van der Waals surface area contributed by atoms with E-state index in [1.807, 2.05) is 49.7 Å². The van der Waals surface area contributed by atoms with Crippen LogP contribution in [-0.2, 0) is 24.0 Å². The number of nitrogens with zero attached hydrogens (tertiary/aromatic N) is 2. The van der Waals surface area contributed by atoms with Crippen molar-refractivity contribution in [1.82, 2.24) is 41.9 Å². The Hall–Kier alpha value is -6.78. The number of amides is 6. The number of aromatic amines is 1. The van der Waals surface area contributed by atoms with E-state index in [1.54, 1.807) is 0 Å². The van der Waals surface area contributed by atoms with Crippen LogP contribution in [0.1, 0.15) is 161 Å². The van der Waals surface area contributed by atoms with E-state index >= 15 is 0 Å². The molecule has 2 aliphatic heterocycles. The predicted molar refractivity (Wildman–Crippen MR) is 302 cm³/mol. The number of urea groups is 3. The van der Waals surface area contributed by atoms with E-state index in [-0.39, 0.29) is 65.9 Å². The second-order valence-electron chi connectivity index (χ2n) is 23.5. The SMILES string of the molecule is Cc1c([C@@H](NC(=O)NC2CCc3c[n+](-c4ccc5c(C)c([C@@H](C)NC(=O)NC6CCN(CCCc7ccc8c(C)c([C@@H](C)NC(=O)NC9CCOC%10(CCCC%10)C9)oc8c7)CC6)oc5c4)[nH]c3C2)C(C)C)oc2ccccc12. The van der Waals surface area contributed by atoms with Gasteiger partial charge in [0.1, 0.15) is 34.0 Å². The Bertz CT molecular complexity index is 3300. The Morgan fingerprint density at radius 1 is 0.692 bits per heavy atom. The third-order valence-electron chi connectivity index (χ3n) is 17.6. The summed E-state index contributed by atoms with van der Waals surface area (Å²) in [5.41, 5.74) is 10.0. The van der Waals surface area contributed by atoms with E-state index < -0.39 is 0 Å². The first-order valence-electron chi connectivity index (χ1n) is 28.9. The van der Waals surface area contributed by atoms with Crippen LogP contribution in [0.5, 0.6) is 0 Å². The molecule has 414 valence electrons. The van der Waals surface area contributed by atoms with Gasteiger partial charge in [-0.05, 0) is 135 Å². The number of hydrogen-bond acceptors (Lipinski definition) is 8. The molecule has 0 radical (unpaired) electrons. The largest absolute Gasteiger partial charge is 0.459 e. The predicted octanol–water partition coefficient (Wildman–Crippen LogP) is 11.3. The van der Waals surface area contributed by atoms with Crippen LogP contribution in [-0.4, -0.2) is 78.1 Å². The molecule has 6 amide bonds. The Morgan fingerprint density at radius 3 is 2.01 bits per heavy atom. The van der Waals surface area contributed by atoms with Crippen molar-refractivity contribution in [3.8, 4) is 5.69 Å². The molecule has 7 N–H and O–H groups in total. The molecule has 6 heterocycles.